The first-order valence-electron chi connectivity index (χ1n) is 19.3. The number of carboxylic acid groups (broad SMARTS) is 2. The average Bonchev–Trinajstić information content (AvgIpc) is 3.59. The summed E-state index contributed by atoms with van der Waals surface area (Å²) in [6, 6.07) is 8.30. The Labute approximate surface area is 336 Å². The average molecular weight is 806 g/mol. The summed E-state index contributed by atoms with van der Waals surface area (Å²) in [7, 11) is 0. The van der Waals surface area contributed by atoms with Crippen LogP contribution in [0.3, 0.4) is 0 Å². The van der Waals surface area contributed by atoms with Crippen LogP contribution in [0.2, 0.25) is 0 Å². The Morgan fingerprint density at radius 2 is 1.14 bits per heavy atom. The van der Waals surface area contributed by atoms with E-state index in [2.05, 4.69) is 36.9 Å². The molecule has 3 aromatic rings. The summed E-state index contributed by atoms with van der Waals surface area (Å²) in [5, 5.41) is 35.6. The lowest BCUT2D eigenvalue weighted by molar-refractivity contribution is -0.142. The van der Waals surface area contributed by atoms with Gasteiger partial charge in [-0.2, -0.15) is 0 Å². The molecular formula is C41H55N7O10. The molecule has 17 nitrogen and oxygen atoms in total. The number of aliphatic carboxylic acids is 2. The van der Waals surface area contributed by atoms with Crippen LogP contribution in [0.15, 0.2) is 60.8 Å². The molecule has 0 saturated carbocycles. The predicted octanol–water partition coefficient (Wildman–Crippen LogP) is 1.55. The van der Waals surface area contributed by atoms with Crippen LogP contribution < -0.4 is 31.9 Å². The Kier molecular flexibility index (Phi) is 17.4. The number of nitrogens with one attached hydrogen (secondary N) is 7. The van der Waals surface area contributed by atoms with Crippen molar-refractivity contribution in [2.75, 3.05) is 0 Å². The highest BCUT2D eigenvalue weighted by atomic mass is 16.4. The molecule has 2 aromatic carbocycles. The summed E-state index contributed by atoms with van der Waals surface area (Å²) in [6.07, 6.45) is 1.66. The lowest BCUT2D eigenvalue weighted by Gasteiger charge is -2.30. The second-order valence-electron chi connectivity index (χ2n) is 14.5. The molecule has 0 bridgehead atoms. The molecule has 0 unspecified atom stereocenters. The summed E-state index contributed by atoms with van der Waals surface area (Å²) in [5.74, 6) is -8.37. The van der Waals surface area contributed by atoms with Gasteiger partial charge in [0.1, 0.15) is 36.3 Å². The first-order chi connectivity index (χ1) is 27.4. The van der Waals surface area contributed by atoms with Crippen LogP contribution in [-0.2, 0) is 51.2 Å². The number of amides is 6. The summed E-state index contributed by atoms with van der Waals surface area (Å²) in [4.78, 5) is 107. The Bertz CT molecular complexity index is 1930. The van der Waals surface area contributed by atoms with Gasteiger partial charge in [-0.1, -0.05) is 89.1 Å². The van der Waals surface area contributed by atoms with Crippen LogP contribution in [0.1, 0.15) is 71.9 Å². The molecule has 8 atom stereocenters. The van der Waals surface area contributed by atoms with Crippen molar-refractivity contribution in [3.8, 4) is 0 Å². The fourth-order valence-corrected chi connectivity index (χ4v) is 6.25. The highest BCUT2D eigenvalue weighted by Gasteiger charge is 2.36. The smallest absolute Gasteiger partial charge is 0.326 e. The number of carboxylic acids is 2. The number of carbonyl (C=O) groups excluding carboxylic acids is 6. The lowest BCUT2D eigenvalue weighted by atomic mass is 9.94. The number of para-hydroxylation sites is 1. The van der Waals surface area contributed by atoms with Gasteiger partial charge in [-0.15, -0.1) is 0 Å². The van der Waals surface area contributed by atoms with E-state index in [0.717, 1.165) is 16.5 Å². The minimum atomic E-state index is -1.69. The van der Waals surface area contributed by atoms with Crippen LogP contribution in [0, 0.1) is 11.8 Å². The van der Waals surface area contributed by atoms with E-state index < -0.39 is 102 Å². The molecule has 0 aliphatic carbocycles. The van der Waals surface area contributed by atoms with Gasteiger partial charge in [0.25, 0.3) is 0 Å². The van der Waals surface area contributed by atoms with Gasteiger partial charge >= 0.3 is 11.9 Å². The summed E-state index contributed by atoms with van der Waals surface area (Å²) < 4.78 is 0. The normalized spacial score (nSPS) is 15.2. The van der Waals surface area contributed by atoms with Gasteiger partial charge in [-0.05, 0) is 36.0 Å². The second kappa shape index (κ2) is 21.9. The van der Waals surface area contributed by atoms with E-state index in [9.17, 15) is 48.6 Å². The second-order valence-corrected chi connectivity index (χ2v) is 14.5. The minimum Gasteiger partial charge on any atom is -0.481 e. The standard InChI is InChI=1S/C41H55N7O10/c1-7-22(3)34(39(55)46-32(41(57)58)19-27-21-42-29-17-13-12-16-28(27)29)48-40(56)35(23(4)8-2)47-38(54)31(20-33(50)51)45-36(52)24(5)43-37(53)30(44-25(6)49)18-26-14-10-9-11-15-26/h9-17,21-24,30-32,34-35,42H,7-8,18-20H2,1-6H3,(H,43,53)(H,44,49)(H,45,52)(H,46,55)(H,47,54)(H,48,56)(H,50,51)(H,57,58)/t22-,23-,24-,30+,31-,32-,34-,35-/m0/s1. The molecule has 0 radical (unpaired) electrons. The Morgan fingerprint density at radius 1 is 0.603 bits per heavy atom. The van der Waals surface area contributed by atoms with Crippen molar-refractivity contribution < 1.29 is 48.6 Å². The van der Waals surface area contributed by atoms with Gasteiger partial charge in [0, 0.05) is 36.9 Å². The molecule has 1 heterocycles. The number of carbonyl (C=O) groups is 8. The van der Waals surface area contributed by atoms with Crippen LogP contribution >= 0.6 is 0 Å². The van der Waals surface area contributed by atoms with Gasteiger partial charge in [-0.25, -0.2) is 4.79 Å². The maximum absolute atomic E-state index is 13.9. The van der Waals surface area contributed by atoms with E-state index >= 15 is 0 Å². The Hall–Kier alpha value is -6.26. The zero-order valence-electron chi connectivity index (χ0n) is 33.6. The van der Waals surface area contributed by atoms with Crippen molar-refractivity contribution in [1.82, 2.24) is 36.9 Å². The topological polar surface area (TPSA) is 265 Å². The number of hydrogen-bond donors (Lipinski definition) is 9. The maximum atomic E-state index is 13.9. The first kappa shape index (κ1) is 46.1. The van der Waals surface area contributed by atoms with Crippen molar-refractivity contribution >= 4 is 58.3 Å². The van der Waals surface area contributed by atoms with Crippen molar-refractivity contribution in [3.05, 3.63) is 71.9 Å². The molecule has 17 heteroatoms. The molecule has 0 spiro atoms. The van der Waals surface area contributed by atoms with Crippen LogP contribution in [0.4, 0.5) is 0 Å². The zero-order valence-corrected chi connectivity index (χ0v) is 33.6. The van der Waals surface area contributed by atoms with Gasteiger partial charge in [-0.3, -0.25) is 33.6 Å². The SMILES string of the molecule is CC[C@H](C)[C@H](NC(=O)[C@H](CC(=O)O)NC(=O)[C@H](C)NC(=O)[C@@H](Cc1ccccc1)NC(C)=O)C(=O)N[C@H](C(=O)N[C@@H](Cc1c[nH]c2ccccc12)C(=O)O)[C@@H](C)CC. The highest BCUT2D eigenvalue weighted by Crippen LogP contribution is 2.20. The lowest BCUT2D eigenvalue weighted by Crippen LogP contribution is -2.61. The Balaban J connectivity index is 1.75. The third-order valence-corrected chi connectivity index (χ3v) is 10.0. The Morgan fingerprint density at radius 3 is 1.71 bits per heavy atom. The van der Waals surface area contributed by atoms with Crippen LogP contribution in [0.25, 0.3) is 10.9 Å². The van der Waals surface area contributed by atoms with E-state index in [1.165, 1.54) is 13.8 Å². The van der Waals surface area contributed by atoms with Gasteiger partial charge in [0.2, 0.25) is 35.4 Å². The molecule has 0 saturated heterocycles. The van der Waals surface area contributed by atoms with E-state index in [-0.39, 0.29) is 12.8 Å². The monoisotopic (exact) mass is 805 g/mol. The first-order valence-corrected chi connectivity index (χ1v) is 19.3. The van der Waals surface area contributed by atoms with Crippen molar-refractivity contribution in [3.63, 3.8) is 0 Å². The van der Waals surface area contributed by atoms with Gasteiger partial charge < -0.3 is 47.1 Å². The predicted molar refractivity (Wildman–Crippen MR) is 214 cm³/mol. The molecule has 0 fully saturated rings. The third kappa shape index (κ3) is 13.4. The number of fused-ring (bicyclic) bond motifs is 1. The maximum Gasteiger partial charge on any atom is 0.326 e. The molecule has 0 aliphatic rings. The van der Waals surface area contributed by atoms with Gasteiger partial charge in [0.05, 0.1) is 6.42 Å². The fourth-order valence-electron chi connectivity index (χ4n) is 6.25. The molecule has 58 heavy (non-hydrogen) atoms. The fraction of sp³-hybridized carbons (Fsp3) is 0.463. The van der Waals surface area contributed by atoms with Crippen molar-refractivity contribution in [1.29, 1.82) is 0 Å². The molecule has 314 valence electrons. The number of rotatable bonds is 22. The summed E-state index contributed by atoms with van der Waals surface area (Å²) in [6.45, 7) is 9.47. The summed E-state index contributed by atoms with van der Waals surface area (Å²) in [5.41, 5.74) is 2.21. The number of aromatic nitrogens is 1. The third-order valence-electron chi connectivity index (χ3n) is 10.0. The quantitative estimate of drug-likeness (QED) is 0.0708. The summed E-state index contributed by atoms with van der Waals surface area (Å²) >= 11 is 0. The minimum absolute atomic E-state index is 0.0413. The van der Waals surface area contributed by atoms with Crippen molar-refractivity contribution in [2.45, 2.75) is 110 Å². The van der Waals surface area contributed by atoms with E-state index in [1.54, 1.807) is 64.2 Å². The highest BCUT2D eigenvalue weighted by molar-refractivity contribution is 5.98. The number of aromatic amines is 1. The molecule has 6 amide bonds. The number of hydrogen-bond acceptors (Lipinski definition) is 8. The van der Waals surface area contributed by atoms with E-state index in [1.807, 2.05) is 24.3 Å². The van der Waals surface area contributed by atoms with Gasteiger partial charge in [0.15, 0.2) is 0 Å². The van der Waals surface area contributed by atoms with E-state index in [4.69, 9.17) is 0 Å². The van der Waals surface area contributed by atoms with Crippen LogP contribution in [0.5, 0.6) is 0 Å². The molecule has 0 aliphatic heterocycles. The number of H-pyrrole nitrogens is 1. The molecule has 1 aromatic heterocycles. The van der Waals surface area contributed by atoms with Crippen LogP contribution in [-0.4, -0.2) is 98.8 Å². The van der Waals surface area contributed by atoms with Crippen molar-refractivity contribution in [2.24, 2.45) is 11.8 Å². The van der Waals surface area contributed by atoms with E-state index in [0.29, 0.717) is 18.4 Å². The molecule has 3 rings (SSSR count). The number of benzene rings is 2. The molecule has 9 N–H and O–H groups in total. The largest absolute Gasteiger partial charge is 0.481 e. The molecular weight excluding hydrogens is 750 g/mol. The zero-order chi connectivity index (χ0) is 43.1.